The molecule has 0 atom stereocenters. The van der Waals surface area contributed by atoms with Crippen molar-refractivity contribution in [1.29, 1.82) is 0 Å². The van der Waals surface area contributed by atoms with Gasteiger partial charge in [-0.25, -0.2) is 0 Å². The number of nitrogens with zero attached hydrogens (tertiary/aromatic N) is 2. The first kappa shape index (κ1) is 19.4. The molecule has 1 aromatic carbocycles. The van der Waals surface area contributed by atoms with E-state index in [1.54, 1.807) is 18.9 Å². The fourth-order valence-electron chi connectivity index (χ4n) is 3.59. The zero-order valence-corrected chi connectivity index (χ0v) is 17.0. The van der Waals surface area contributed by atoms with Gasteiger partial charge in [0.1, 0.15) is 5.75 Å². The van der Waals surface area contributed by atoms with E-state index in [2.05, 4.69) is 0 Å². The molecule has 0 radical (unpaired) electrons. The van der Waals surface area contributed by atoms with Gasteiger partial charge in [-0.05, 0) is 38.8 Å². The Bertz CT molecular complexity index is 702. The molecule has 26 heavy (non-hydrogen) atoms. The number of anilines is 1. The number of benzene rings is 1. The fraction of sp³-hybridized carbons (Fsp3) is 0.579. The molecule has 2 aliphatic heterocycles. The molecule has 0 bridgehead atoms. The van der Waals surface area contributed by atoms with E-state index >= 15 is 0 Å². The Morgan fingerprint density at radius 3 is 2.65 bits per heavy atom. The second-order valence-electron chi connectivity index (χ2n) is 7.48. The number of hydrogen-bond donors (Lipinski definition) is 0. The molecule has 0 aliphatic carbocycles. The van der Waals surface area contributed by atoms with Gasteiger partial charge in [0.05, 0.1) is 23.1 Å². The molecule has 3 rings (SSSR count). The van der Waals surface area contributed by atoms with Gasteiger partial charge in [0, 0.05) is 30.7 Å². The van der Waals surface area contributed by atoms with Crippen molar-refractivity contribution in [3.8, 4) is 5.75 Å². The van der Waals surface area contributed by atoms with E-state index in [1.807, 2.05) is 47.9 Å². The maximum atomic E-state index is 12.7. The summed E-state index contributed by atoms with van der Waals surface area (Å²) < 4.78 is 5.31. The quantitative estimate of drug-likeness (QED) is 0.732. The number of amides is 2. The molecular formula is C19H25ClN2O3S. The number of likely N-dealkylation sites (tertiary alicyclic amines) is 1. The normalized spacial score (nSPS) is 19.9. The molecule has 1 spiro atoms. The van der Waals surface area contributed by atoms with E-state index in [1.165, 1.54) is 0 Å². The first-order chi connectivity index (χ1) is 12.3. The van der Waals surface area contributed by atoms with Crippen molar-refractivity contribution < 1.29 is 14.3 Å². The van der Waals surface area contributed by atoms with Crippen LogP contribution in [-0.4, -0.2) is 53.4 Å². The first-order valence-electron chi connectivity index (χ1n) is 8.79. The lowest BCUT2D eigenvalue weighted by Crippen LogP contribution is -2.55. The summed E-state index contributed by atoms with van der Waals surface area (Å²) in [6, 6.07) is 7.63. The van der Waals surface area contributed by atoms with Crippen LogP contribution in [0.1, 0.15) is 26.7 Å². The van der Waals surface area contributed by atoms with Crippen molar-refractivity contribution in [2.45, 2.75) is 31.6 Å². The van der Waals surface area contributed by atoms with Crippen molar-refractivity contribution >= 4 is 40.9 Å². The van der Waals surface area contributed by atoms with E-state index in [-0.39, 0.29) is 16.7 Å². The van der Waals surface area contributed by atoms with E-state index < -0.39 is 5.41 Å². The summed E-state index contributed by atoms with van der Waals surface area (Å²) in [6.07, 6.45) is 1.51. The van der Waals surface area contributed by atoms with Gasteiger partial charge in [-0.1, -0.05) is 6.07 Å². The van der Waals surface area contributed by atoms with E-state index in [4.69, 9.17) is 16.3 Å². The molecule has 2 fully saturated rings. The summed E-state index contributed by atoms with van der Waals surface area (Å²) in [5, 5.41) is 0. The minimum absolute atomic E-state index is 0.0876. The minimum atomic E-state index is -0.558. The van der Waals surface area contributed by atoms with Crippen molar-refractivity contribution in [1.82, 2.24) is 4.90 Å². The molecule has 2 aliphatic rings. The van der Waals surface area contributed by atoms with Gasteiger partial charge in [-0.15, -0.1) is 23.4 Å². The van der Waals surface area contributed by atoms with E-state index in [9.17, 15) is 9.59 Å². The highest BCUT2D eigenvalue weighted by molar-refractivity contribution is 8.02. The second kappa shape index (κ2) is 7.31. The fourth-order valence-corrected chi connectivity index (χ4v) is 5.04. The second-order valence-corrected chi connectivity index (χ2v) is 9.08. The lowest BCUT2D eigenvalue weighted by Gasteiger charge is -2.45. The molecular weight excluding hydrogens is 372 g/mol. The average molecular weight is 397 g/mol. The van der Waals surface area contributed by atoms with Gasteiger partial charge in [0.25, 0.3) is 0 Å². The highest BCUT2D eigenvalue weighted by atomic mass is 35.5. The van der Waals surface area contributed by atoms with Crippen LogP contribution in [0.25, 0.3) is 0 Å². The molecule has 0 aromatic heterocycles. The number of carbonyl (C=O) groups excluding carboxylic acids is 2. The maximum absolute atomic E-state index is 12.7. The van der Waals surface area contributed by atoms with Gasteiger partial charge < -0.3 is 9.64 Å². The topological polar surface area (TPSA) is 49.9 Å². The Labute approximate surface area is 164 Å². The van der Waals surface area contributed by atoms with Crippen LogP contribution in [0.3, 0.4) is 0 Å². The van der Waals surface area contributed by atoms with Crippen LogP contribution >= 0.6 is 23.4 Å². The smallest absolute Gasteiger partial charge is 0.238 e. The first-order valence-corrected chi connectivity index (χ1v) is 10.3. The SMILES string of the molecule is COc1cccc(N2C(=O)CSC23CCN(C(=O)C(C)(C)CCl)CC3)c1. The number of thioether (sulfide) groups is 1. The number of rotatable bonds is 4. The van der Waals surface area contributed by atoms with Gasteiger partial charge in [0.15, 0.2) is 0 Å². The number of piperidine rings is 1. The lowest BCUT2D eigenvalue weighted by atomic mass is 9.92. The predicted octanol–water partition coefficient (Wildman–Crippen LogP) is 3.36. The Kier molecular flexibility index (Phi) is 5.45. The summed E-state index contributed by atoms with van der Waals surface area (Å²) in [6.45, 7) is 5.03. The molecule has 2 saturated heterocycles. The number of hydrogen-bond acceptors (Lipinski definition) is 4. The minimum Gasteiger partial charge on any atom is -0.497 e. The van der Waals surface area contributed by atoms with Crippen molar-refractivity contribution in [2.24, 2.45) is 5.41 Å². The summed E-state index contributed by atoms with van der Waals surface area (Å²) in [5.41, 5.74) is 0.303. The van der Waals surface area contributed by atoms with Gasteiger partial charge in [0.2, 0.25) is 11.8 Å². The molecule has 2 amide bonds. The van der Waals surface area contributed by atoms with Crippen LogP contribution in [0.2, 0.25) is 0 Å². The van der Waals surface area contributed by atoms with Crippen molar-refractivity contribution in [2.75, 3.05) is 36.7 Å². The molecule has 1 aromatic rings. The summed E-state index contributed by atoms with van der Waals surface area (Å²) in [4.78, 5) is 28.8. The monoisotopic (exact) mass is 396 g/mol. The molecule has 7 heteroatoms. The highest BCUT2D eigenvalue weighted by Crippen LogP contribution is 2.47. The van der Waals surface area contributed by atoms with Crippen LogP contribution in [0.5, 0.6) is 5.75 Å². The third-order valence-electron chi connectivity index (χ3n) is 5.18. The Morgan fingerprint density at radius 2 is 2.04 bits per heavy atom. The zero-order chi connectivity index (χ0) is 18.9. The molecule has 0 saturated carbocycles. The molecule has 5 nitrogen and oxygen atoms in total. The molecule has 0 N–H and O–H groups in total. The number of methoxy groups -OCH3 is 1. The summed E-state index contributed by atoms with van der Waals surface area (Å²) >= 11 is 7.65. The Balaban J connectivity index is 1.80. The third kappa shape index (κ3) is 3.41. The Morgan fingerprint density at radius 1 is 1.35 bits per heavy atom. The van der Waals surface area contributed by atoms with Gasteiger partial charge in [-0.2, -0.15) is 0 Å². The summed E-state index contributed by atoms with van der Waals surface area (Å²) in [7, 11) is 1.62. The summed E-state index contributed by atoms with van der Waals surface area (Å²) in [5.74, 6) is 1.71. The zero-order valence-electron chi connectivity index (χ0n) is 15.5. The number of carbonyl (C=O) groups is 2. The van der Waals surface area contributed by atoms with Crippen molar-refractivity contribution in [3.63, 3.8) is 0 Å². The highest BCUT2D eigenvalue weighted by Gasteiger charge is 2.49. The predicted molar refractivity (Wildman–Crippen MR) is 106 cm³/mol. The number of alkyl halides is 1. The standard InChI is InChI=1S/C19H25ClN2O3S/c1-18(2,13-20)17(24)21-9-7-19(8-10-21)22(16(23)12-26-19)14-5-4-6-15(11-14)25-3/h4-6,11H,7-10,12-13H2,1-3H3. The maximum Gasteiger partial charge on any atom is 0.238 e. The number of ether oxygens (including phenoxy) is 1. The molecule has 2 heterocycles. The molecule has 142 valence electrons. The van der Waals surface area contributed by atoms with Crippen LogP contribution in [0.15, 0.2) is 24.3 Å². The Hall–Kier alpha value is -1.40. The molecule has 0 unspecified atom stereocenters. The lowest BCUT2D eigenvalue weighted by molar-refractivity contribution is -0.140. The average Bonchev–Trinajstić information content (AvgIpc) is 2.97. The third-order valence-corrected chi connectivity index (χ3v) is 7.37. The van der Waals surface area contributed by atoms with E-state index in [0.29, 0.717) is 24.7 Å². The largest absolute Gasteiger partial charge is 0.497 e. The van der Waals surface area contributed by atoms with Crippen LogP contribution in [0.4, 0.5) is 5.69 Å². The van der Waals surface area contributed by atoms with Crippen LogP contribution < -0.4 is 9.64 Å². The van der Waals surface area contributed by atoms with Crippen LogP contribution in [-0.2, 0) is 9.59 Å². The van der Waals surface area contributed by atoms with Gasteiger partial charge in [-0.3, -0.25) is 14.5 Å². The van der Waals surface area contributed by atoms with Gasteiger partial charge >= 0.3 is 0 Å². The van der Waals surface area contributed by atoms with Crippen LogP contribution in [0, 0.1) is 5.41 Å². The van der Waals surface area contributed by atoms with Crippen molar-refractivity contribution in [3.05, 3.63) is 24.3 Å². The number of halogens is 1. The van der Waals surface area contributed by atoms with E-state index in [0.717, 1.165) is 24.3 Å².